The predicted molar refractivity (Wildman–Crippen MR) is 56.2 cm³/mol. The lowest BCUT2D eigenvalue weighted by atomic mass is 10.0. The number of fused-ring (bicyclic) bond motifs is 1. The highest BCUT2D eigenvalue weighted by Gasteiger charge is 2.25. The zero-order valence-electron chi connectivity index (χ0n) is 8.79. The SMILES string of the molecule is N#CCCNC(=O)C1Cc2nc[nH]c2CN1. The molecule has 2 rings (SSSR count). The Kier molecular flexibility index (Phi) is 3.17. The topological polar surface area (TPSA) is 93.6 Å². The molecule has 1 aromatic rings. The lowest BCUT2D eigenvalue weighted by Crippen LogP contribution is -2.47. The third-order valence-electron chi connectivity index (χ3n) is 2.58. The van der Waals surface area contributed by atoms with Gasteiger partial charge in [0.25, 0.3) is 0 Å². The van der Waals surface area contributed by atoms with Crippen molar-refractivity contribution in [2.45, 2.75) is 25.4 Å². The standard InChI is InChI=1S/C10H13N5O/c11-2-1-3-12-10(16)8-4-7-9(5-13-8)15-6-14-7/h6,8,13H,1,3-5H2,(H,12,16)(H,14,15). The molecule has 1 aromatic heterocycles. The molecule has 6 heteroatoms. The van der Waals surface area contributed by atoms with E-state index < -0.39 is 0 Å². The van der Waals surface area contributed by atoms with E-state index >= 15 is 0 Å². The summed E-state index contributed by atoms with van der Waals surface area (Å²) < 4.78 is 0. The normalized spacial score (nSPS) is 18.6. The largest absolute Gasteiger partial charge is 0.354 e. The number of nitrogens with one attached hydrogen (secondary N) is 3. The molecule has 0 aromatic carbocycles. The van der Waals surface area contributed by atoms with Gasteiger partial charge in [-0.1, -0.05) is 0 Å². The minimum absolute atomic E-state index is 0.0658. The lowest BCUT2D eigenvalue weighted by molar-refractivity contribution is -0.123. The third kappa shape index (κ3) is 2.20. The summed E-state index contributed by atoms with van der Waals surface area (Å²) in [6.45, 7) is 1.03. The fourth-order valence-corrected chi connectivity index (χ4v) is 1.72. The van der Waals surface area contributed by atoms with Gasteiger partial charge in [-0.15, -0.1) is 0 Å². The molecule has 0 fully saturated rings. The molecule has 0 radical (unpaired) electrons. The summed E-state index contributed by atoms with van der Waals surface area (Å²) in [7, 11) is 0. The Hall–Kier alpha value is -1.87. The molecule has 2 heterocycles. The Bertz CT molecular complexity index is 419. The predicted octanol–water partition coefficient (Wildman–Crippen LogP) is -0.546. The van der Waals surface area contributed by atoms with Gasteiger partial charge >= 0.3 is 0 Å². The summed E-state index contributed by atoms with van der Waals surface area (Å²) in [5.74, 6) is -0.0658. The number of H-pyrrole nitrogens is 1. The van der Waals surface area contributed by atoms with Crippen LogP contribution < -0.4 is 10.6 Å². The maximum absolute atomic E-state index is 11.7. The van der Waals surface area contributed by atoms with E-state index in [0.717, 1.165) is 11.4 Å². The summed E-state index contributed by atoms with van der Waals surface area (Å²) in [6, 6.07) is 1.74. The molecule has 1 atom stereocenters. The molecule has 1 unspecified atom stereocenters. The fourth-order valence-electron chi connectivity index (χ4n) is 1.72. The molecule has 0 spiro atoms. The van der Waals surface area contributed by atoms with Gasteiger partial charge in [-0.25, -0.2) is 4.98 Å². The van der Waals surface area contributed by atoms with E-state index in [1.54, 1.807) is 6.33 Å². The molecule has 0 aliphatic carbocycles. The van der Waals surface area contributed by atoms with Crippen LogP contribution in [-0.2, 0) is 17.8 Å². The second-order valence-corrected chi connectivity index (χ2v) is 3.66. The first-order valence-corrected chi connectivity index (χ1v) is 5.20. The van der Waals surface area contributed by atoms with E-state index in [0.29, 0.717) is 25.9 Å². The maximum Gasteiger partial charge on any atom is 0.237 e. The zero-order chi connectivity index (χ0) is 11.4. The number of hydrogen-bond acceptors (Lipinski definition) is 4. The molecule has 0 bridgehead atoms. The molecule has 6 nitrogen and oxygen atoms in total. The summed E-state index contributed by atoms with van der Waals surface area (Å²) in [4.78, 5) is 18.9. The number of nitrogens with zero attached hydrogens (tertiary/aromatic N) is 2. The van der Waals surface area contributed by atoms with Crippen LogP contribution in [0.2, 0.25) is 0 Å². The Morgan fingerprint density at radius 2 is 2.62 bits per heavy atom. The molecule has 0 saturated carbocycles. The molecule has 0 saturated heterocycles. The Morgan fingerprint density at radius 1 is 1.75 bits per heavy atom. The average molecular weight is 219 g/mol. The van der Waals surface area contributed by atoms with Crippen molar-refractivity contribution in [2.75, 3.05) is 6.54 Å². The molecule has 1 amide bonds. The monoisotopic (exact) mass is 219 g/mol. The fraction of sp³-hybridized carbons (Fsp3) is 0.500. The smallest absolute Gasteiger partial charge is 0.237 e. The molecular formula is C10H13N5O. The van der Waals surface area contributed by atoms with E-state index in [-0.39, 0.29) is 11.9 Å². The van der Waals surface area contributed by atoms with Crippen LogP contribution in [0.5, 0.6) is 0 Å². The Labute approximate surface area is 93.1 Å². The molecular weight excluding hydrogens is 206 g/mol. The van der Waals surface area contributed by atoms with Crippen molar-refractivity contribution in [3.05, 3.63) is 17.7 Å². The van der Waals surface area contributed by atoms with Crippen molar-refractivity contribution in [2.24, 2.45) is 0 Å². The summed E-state index contributed by atoms with van der Waals surface area (Å²) >= 11 is 0. The average Bonchev–Trinajstić information content (AvgIpc) is 2.76. The Balaban J connectivity index is 1.89. The van der Waals surface area contributed by atoms with E-state index in [1.165, 1.54) is 0 Å². The number of aromatic amines is 1. The van der Waals surface area contributed by atoms with Gasteiger partial charge in [0.1, 0.15) is 0 Å². The number of carbonyl (C=O) groups excluding carboxylic acids is 1. The van der Waals surface area contributed by atoms with Gasteiger partial charge in [0.15, 0.2) is 0 Å². The quantitative estimate of drug-likeness (QED) is 0.595. The van der Waals surface area contributed by atoms with E-state index in [2.05, 4.69) is 20.6 Å². The number of amides is 1. The minimum Gasteiger partial charge on any atom is -0.354 e. The van der Waals surface area contributed by atoms with Crippen LogP contribution >= 0.6 is 0 Å². The minimum atomic E-state index is -0.241. The van der Waals surface area contributed by atoms with Crippen LogP contribution in [0, 0.1) is 11.3 Å². The van der Waals surface area contributed by atoms with Gasteiger partial charge in [-0.05, 0) is 0 Å². The van der Waals surface area contributed by atoms with Crippen molar-refractivity contribution >= 4 is 5.91 Å². The van der Waals surface area contributed by atoms with Crippen LogP contribution in [0.1, 0.15) is 17.8 Å². The van der Waals surface area contributed by atoms with E-state index in [9.17, 15) is 4.79 Å². The van der Waals surface area contributed by atoms with Gasteiger partial charge in [0.2, 0.25) is 5.91 Å². The van der Waals surface area contributed by atoms with Crippen LogP contribution in [0.4, 0.5) is 0 Å². The first-order valence-electron chi connectivity index (χ1n) is 5.20. The van der Waals surface area contributed by atoms with Crippen molar-refractivity contribution in [3.8, 4) is 6.07 Å². The van der Waals surface area contributed by atoms with Crippen molar-refractivity contribution < 1.29 is 4.79 Å². The number of carbonyl (C=O) groups is 1. The number of nitriles is 1. The number of hydrogen-bond donors (Lipinski definition) is 3. The van der Waals surface area contributed by atoms with Gasteiger partial charge in [0.05, 0.1) is 36.2 Å². The van der Waals surface area contributed by atoms with Gasteiger partial charge in [-0.3, -0.25) is 10.1 Å². The van der Waals surface area contributed by atoms with Gasteiger partial charge in [-0.2, -0.15) is 5.26 Å². The summed E-state index contributed by atoms with van der Waals surface area (Å²) in [5, 5.41) is 14.2. The first kappa shape index (κ1) is 10.6. The zero-order valence-corrected chi connectivity index (χ0v) is 8.79. The third-order valence-corrected chi connectivity index (χ3v) is 2.58. The lowest BCUT2D eigenvalue weighted by Gasteiger charge is -2.21. The maximum atomic E-state index is 11.7. The number of imidazole rings is 1. The molecule has 84 valence electrons. The number of rotatable bonds is 3. The van der Waals surface area contributed by atoms with Crippen LogP contribution in [0.15, 0.2) is 6.33 Å². The van der Waals surface area contributed by atoms with Crippen molar-refractivity contribution in [1.29, 1.82) is 5.26 Å². The van der Waals surface area contributed by atoms with Gasteiger partial charge in [0, 0.05) is 19.5 Å². The highest BCUT2D eigenvalue weighted by atomic mass is 16.2. The van der Waals surface area contributed by atoms with Crippen molar-refractivity contribution in [1.82, 2.24) is 20.6 Å². The number of aromatic nitrogens is 2. The second kappa shape index (κ2) is 4.77. The molecule has 1 aliphatic rings. The van der Waals surface area contributed by atoms with Crippen LogP contribution in [-0.4, -0.2) is 28.5 Å². The molecule has 1 aliphatic heterocycles. The van der Waals surface area contributed by atoms with E-state index in [4.69, 9.17) is 5.26 Å². The molecule has 3 N–H and O–H groups in total. The summed E-state index contributed by atoms with van der Waals surface area (Å²) in [6.07, 6.45) is 2.58. The highest BCUT2D eigenvalue weighted by Crippen LogP contribution is 2.11. The second-order valence-electron chi connectivity index (χ2n) is 3.66. The first-order chi connectivity index (χ1) is 7.81. The molecule has 16 heavy (non-hydrogen) atoms. The summed E-state index contributed by atoms with van der Waals surface area (Å²) in [5.41, 5.74) is 1.99. The van der Waals surface area contributed by atoms with Crippen LogP contribution in [0.25, 0.3) is 0 Å². The highest BCUT2D eigenvalue weighted by molar-refractivity contribution is 5.82. The van der Waals surface area contributed by atoms with Crippen molar-refractivity contribution in [3.63, 3.8) is 0 Å². The van der Waals surface area contributed by atoms with E-state index in [1.807, 2.05) is 6.07 Å². The Morgan fingerprint density at radius 3 is 3.44 bits per heavy atom. The van der Waals surface area contributed by atoms with Gasteiger partial charge < -0.3 is 10.3 Å². The van der Waals surface area contributed by atoms with Crippen LogP contribution in [0.3, 0.4) is 0 Å².